The van der Waals surface area contributed by atoms with Crippen molar-refractivity contribution in [3.8, 4) is 0 Å². The van der Waals surface area contributed by atoms with Crippen molar-refractivity contribution in [2.45, 2.75) is 232 Å². The van der Waals surface area contributed by atoms with Gasteiger partial charge in [0.05, 0.1) is 5.92 Å². The number of thioether (sulfide) groups is 1. The molecule has 1 saturated heterocycles. The third-order valence-corrected chi connectivity index (χ3v) is 13.8. The lowest BCUT2D eigenvalue weighted by Crippen LogP contribution is -2.36. The molecule has 54 heavy (non-hydrogen) atoms. The molecular formula is C48H89NO4S. The van der Waals surface area contributed by atoms with Gasteiger partial charge in [0.25, 0.3) is 0 Å². The van der Waals surface area contributed by atoms with Crippen LogP contribution < -0.4 is 0 Å². The Kier molecular flexibility index (Phi) is 28.2. The fraction of sp³-hybridized carbons (Fsp3) is 0.917. The first kappa shape index (κ1) is 49.1. The molecule has 0 aromatic heterocycles. The van der Waals surface area contributed by atoms with E-state index in [0.717, 1.165) is 57.4 Å². The van der Waals surface area contributed by atoms with Crippen LogP contribution in [0.2, 0.25) is 0 Å². The van der Waals surface area contributed by atoms with Crippen LogP contribution in [0, 0.1) is 23.7 Å². The van der Waals surface area contributed by atoms with Gasteiger partial charge in [-0.1, -0.05) is 161 Å². The third-order valence-electron chi connectivity index (χ3n) is 12.4. The Balaban J connectivity index is 1.83. The zero-order valence-corrected chi connectivity index (χ0v) is 37.5. The first-order valence-electron chi connectivity index (χ1n) is 23.6. The van der Waals surface area contributed by atoms with Gasteiger partial charge in [-0.2, -0.15) is 0 Å². The van der Waals surface area contributed by atoms with Crippen molar-refractivity contribution in [2.24, 2.45) is 23.7 Å². The van der Waals surface area contributed by atoms with Crippen molar-refractivity contribution in [2.75, 3.05) is 25.9 Å². The van der Waals surface area contributed by atoms with Gasteiger partial charge < -0.3 is 14.4 Å². The van der Waals surface area contributed by atoms with Crippen molar-refractivity contribution in [3.05, 3.63) is 12.2 Å². The summed E-state index contributed by atoms with van der Waals surface area (Å²) in [6.07, 6.45) is 40.4. The van der Waals surface area contributed by atoms with Crippen molar-refractivity contribution >= 4 is 23.7 Å². The average Bonchev–Trinajstić information content (AvgIpc) is 3.51. The minimum absolute atomic E-state index is 0.00825. The van der Waals surface area contributed by atoms with Crippen LogP contribution in [0.1, 0.15) is 221 Å². The maximum Gasteiger partial charge on any atom is 0.309 e. The Morgan fingerprint density at radius 3 is 1.70 bits per heavy atom. The van der Waals surface area contributed by atoms with E-state index in [1.54, 1.807) is 0 Å². The van der Waals surface area contributed by atoms with Crippen LogP contribution >= 0.6 is 11.8 Å². The lowest BCUT2D eigenvalue weighted by molar-refractivity contribution is -0.158. The molecule has 0 aromatic rings. The summed E-state index contributed by atoms with van der Waals surface area (Å²) in [7, 11) is 2.12. The lowest BCUT2D eigenvalue weighted by Gasteiger charge is -2.30. The number of carbonyl (C=O) groups excluding carboxylic acids is 2. The van der Waals surface area contributed by atoms with Crippen LogP contribution in [0.25, 0.3) is 0 Å². The predicted octanol–water partition coefficient (Wildman–Crippen LogP) is 14.3. The van der Waals surface area contributed by atoms with Crippen LogP contribution in [0.5, 0.6) is 0 Å². The van der Waals surface area contributed by atoms with Crippen LogP contribution in [-0.4, -0.2) is 53.8 Å². The molecule has 5 nitrogen and oxygen atoms in total. The highest BCUT2D eigenvalue weighted by Crippen LogP contribution is 2.41. The zero-order chi connectivity index (χ0) is 39.3. The van der Waals surface area contributed by atoms with Gasteiger partial charge in [0.2, 0.25) is 0 Å². The minimum atomic E-state index is -0.541. The van der Waals surface area contributed by atoms with Gasteiger partial charge in [-0.3, -0.25) is 9.59 Å². The summed E-state index contributed by atoms with van der Waals surface area (Å²) in [5.41, 5.74) is 0. The van der Waals surface area contributed by atoms with E-state index in [-0.39, 0.29) is 35.8 Å². The fourth-order valence-electron chi connectivity index (χ4n) is 8.79. The van der Waals surface area contributed by atoms with Gasteiger partial charge in [-0.05, 0) is 103 Å². The summed E-state index contributed by atoms with van der Waals surface area (Å²) in [6.45, 7) is 12.8. The van der Waals surface area contributed by atoms with Crippen LogP contribution in [-0.2, 0) is 19.1 Å². The molecule has 0 bridgehead atoms. The van der Waals surface area contributed by atoms with Gasteiger partial charge >= 0.3 is 11.9 Å². The number of hydrogen-bond donors (Lipinski definition) is 0. The summed E-state index contributed by atoms with van der Waals surface area (Å²) in [5.74, 6) is 2.02. The van der Waals surface area contributed by atoms with Gasteiger partial charge in [0.1, 0.15) is 6.10 Å². The molecule has 3 atom stereocenters. The molecule has 1 aliphatic heterocycles. The number of hydrogen-bond acceptors (Lipinski definition) is 6. The maximum absolute atomic E-state index is 13.5. The van der Waals surface area contributed by atoms with Gasteiger partial charge in [-0.25, -0.2) is 0 Å². The molecule has 0 spiro atoms. The van der Waals surface area contributed by atoms with Crippen molar-refractivity contribution < 1.29 is 19.1 Å². The number of piperidine rings is 1. The molecule has 3 unspecified atom stereocenters. The van der Waals surface area contributed by atoms with Gasteiger partial charge in [0.15, 0.2) is 4.93 Å². The Labute approximate surface area is 340 Å². The van der Waals surface area contributed by atoms with E-state index in [0.29, 0.717) is 12.3 Å². The van der Waals surface area contributed by atoms with Crippen molar-refractivity contribution in [1.29, 1.82) is 0 Å². The number of likely N-dealkylation sites (tertiary alicyclic amines) is 1. The molecule has 2 fully saturated rings. The van der Waals surface area contributed by atoms with E-state index in [1.807, 2.05) is 11.8 Å². The van der Waals surface area contributed by atoms with Crippen LogP contribution in [0.3, 0.4) is 0 Å². The highest BCUT2D eigenvalue weighted by molar-refractivity contribution is 8.00. The SMILES string of the molecule is CC/C=C\CC1C(CC(=O)OC(C)(C)SCC(CCCCCCCCCCCC)CCCCCCCCCCCC)CCC1OC(=O)C1CCN(C)CC1. The van der Waals surface area contributed by atoms with E-state index in [9.17, 15) is 9.59 Å². The van der Waals surface area contributed by atoms with E-state index in [1.165, 1.54) is 141 Å². The first-order chi connectivity index (χ1) is 26.2. The third kappa shape index (κ3) is 23.3. The summed E-state index contributed by atoms with van der Waals surface area (Å²) < 4.78 is 12.5. The average molecular weight is 776 g/mol. The molecule has 1 heterocycles. The van der Waals surface area contributed by atoms with Crippen molar-refractivity contribution in [1.82, 2.24) is 4.90 Å². The number of esters is 2. The van der Waals surface area contributed by atoms with E-state index in [4.69, 9.17) is 9.47 Å². The molecule has 1 saturated carbocycles. The summed E-state index contributed by atoms with van der Waals surface area (Å²) in [4.78, 5) is 28.4. The number of nitrogens with zero attached hydrogens (tertiary/aromatic N) is 1. The summed E-state index contributed by atoms with van der Waals surface area (Å²) in [5, 5.41) is 0. The molecule has 0 radical (unpaired) electrons. The van der Waals surface area contributed by atoms with Gasteiger partial charge in [0, 0.05) is 12.3 Å². The molecule has 0 aromatic carbocycles. The highest BCUT2D eigenvalue weighted by Gasteiger charge is 2.41. The van der Waals surface area contributed by atoms with E-state index in [2.05, 4.69) is 58.7 Å². The summed E-state index contributed by atoms with van der Waals surface area (Å²) >= 11 is 1.85. The largest absolute Gasteiger partial charge is 0.462 e. The molecule has 316 valence electrons. The van der Waals surface area contributed by atoms with E-state index < -0.39 is 4.93 Å². The first-order valence-corrected chi connectivity index (χ1v) is 24.6. The number of ether oxygens (including phenoxy) is 2. The van der Waals surface area contributed by atoms with Gasteiger partial charge in [-0.15, -0.1) is 11.8 Å². The molecule has 1 aliphatic carbocycles. The molecule has 2 rings (SSSR count). The Morgan fingerprint density at radius 1 is 0.704 bits per heavy atom. The maximum atomic E-state index is 13.5. The molecule has 0 amide bonds. The Hall–Kier alpha value is -1.01. The van der Waals surface area contributed by atoms with Crippen molar-refractivity contribution in [3.63, 3.8) is 0 Å². The monoisotopic (exact) mass is 776 g/mol. The second-order valence-electron chi connectivity index (χ2n) is 17.9. The lowest BCUT2D eigenvalue weighted by atomic mass is 9.88. The van der Waals surface area contributed by atoms with Crippen LogP contribution in [0.4, 0.5) is 0 Å². The molecule has 2 aliphatic rings. The topological polar surface area (TPSA) is 55.8 Å². The normalized spacial score (nSPS) is 20.0. The second kappa shape index (κ2) is 31.0. The fourth-order valence-corrected chi connectivity index (χ4v) is 9.92. The number of unbranched alkanes of at least 4 members (excludes halogenated alkanes) is 18. The number of allylic oxidation sites excluding steroid dienone is 2. The predicted molar refractivity (Wildman–Crippen MR) is 234 cm³/mol. The van der Waals surface area contributed by atoms with E-state index >= 15 is 0 Å². The standard InChI is InChI=1S/C48H89NO4S/c1-7-10-13-15-17-19-21-23-25-28-30-41(31-29-26-24-22-20-18-16-14-11-8-2)40-54-48(4,5)53-46(50)39-43-33-34-45(44(43)32-27-12-9-3)52-47(51)42-35-37-49(6)38-36-42/h12,27,41-45H,7-11,13-26,28-40H2,1-6H3/b27-12-. The zero-order valence-electron chi connectivity index (χ0n) is 36.7. The molecular weight excluding hydrogens is 687 g/mol. The minimum Gasteiger partial charge on any atom is -0.462 e. The molecule has 0 N–H and O–H groups in total. The smallest absolute Gasteiger partial charge is 0.309 e. The quantitative estimate of drug-likeness (QED) is 0.0286. The summed E-state index contributed by atoms with van der Waals surface area (Å²) in [6, 6.07) is 0. The Bertz CT molecular complexity index is 936. The second-order valence-corrected chi connectivity index (χ2v) is 19.5. The Morgan fingerprint density at radius 2 is 1.20 bits per heavy atom. The number of rotatable bonds is 33. The van der Waals surface area contributed by atoms with Crippen LogP contribution in [0.15, 0.2) is 12.2 Å². The highest BCUT2D eigenvalue weighted by atomic mass is 32.2. The molecule has 6 heteroatoms. The number of carbonyl (C=O) groups is 2.